The van der Waals surface area contributed by atoms with Gasteiger partial charge in [-0.25, -0.2) is 15.0 Å². The molecule has 96 valence electrons. The molecular formula is C10H8F3N3OS. The normalized spacial score (nSPS) is 13.6. The maximum absolute atomic E-state index is 12.4. The van der Waals surface area contributed by atoms with Crippen molar-refractivity contribution in [1.29, 1.82) is 0 Å². The Morgan fingerprint density at radius 2 is 2.06 bits per heavy atom. The summed E-state index contributed by atoms with van der Waals surface area (Å²) in [6.45, 7) is 1.63. The van der Waals surface area contributed by atoms with Crippen LogP contribution in [0.25, 0.3) is 0 Å². The molecule has 2 heterocycles. The fourth-order valence-electron chi connectivity index (χ4n) is 1.32. The molecule has 0 aliphatic rings. The number of hydrogen-bond acceptors (Lipinski definition) is 5. The van der Waals surface area contributed by atoms with Gasteiger partial charge in [0, 0.05) is 12.4 Å². The standard InChI is InChI=1S/C10H8F3N3OS/c1-5-14-3-2-6(16-5)8(17)7-4-15-9(18-7)10(11,12)13/h2-4,8,17H,1H3. The highest BCUT2D eigenvalue weighted by atomic mass is 32.1. The summed E-state index contributed by atoms with van der Waals surface area (Å²) in [5.41, 5.74) is 0.250. The first-order valence-corrected chi connectivity index (χ1v) is 5.70. The lowest BCUT2D eigenvalue weighted by Crippen LogP contribution is -2.03. The first-order valence-electron chi connectivity index (χ1n) is 4.88. The largest absolute Gasteiger partial charge is 0.443 e. The van der Waals surface area contributed by atoms with E-state index in [0.29, 0.717) is 17.2 Å². The van der Waals surface area contributed by atoms with Gasteiger partial charge in [0.1, 0.15) is 11.9 Å². The average molecular weight is 275 g/mol. The van der Waals surface area contributed by atoms with Gasteiger partial charge >= 0.3 is 6.18 Å². The molecule has 1 atom stereocenters. The SMILES string of the molecule is Cc1nccc(C(O)c2cnc(C(F)(F)F)s2)n1. The molecule has 2 aromatic heterocycles. The fraction of sp³-hybridized carbons (Fsp3) is 0.300. The third kappa shape index (κ3) is 2.65. The molecule has 0 saturated heterocycles. The van der Waals surface area contributed by atoms with E-state index in [2.05, 4.69) is 15.0 Å². The molecule has 0 bridgehead atoms. The molecule has 18 heavy (non-hydrogen) atoms. The Kier molecular flexibility index (Phi) is 3.31. The number of rotatable bonds is 2. The molecule has 8 heteroatoms. The summed E-state index contributed by atoms with van der Waals surface area (Å²) in [4.78, 5) is 11.1. The zero-order valence-electron chi connectivity index (χ0n) is 9.14. The van der Waals surface area contributed by atoms with E-state index in [9.17, 15) is 18.3 Å². The number of thiazole rings is 1. The second-order valence-corrected chi connectivity index (χ2v) is 4.56. The Bertz CT molecular complexity index is 555. The lowest BCUT2D eigenvalue weighted by Gasteiger charge is -2.07. The van der Waals surface area contributed by atoms with Gasteiger partial charge in [-0.2, -0.15) is 13.2 Å². The van der Waals surface area contributed by atoms with E-state index in [4.69, 9.17) is 0 Å². The molecule has 4 nitrogen and oxygen atoms in total. The van der Waals surface area contributed by atoms with Crippen molar-refractivity contribution in [3.63, 3.8) is 0 Å². The second-order valence-electron chi connectivity index (χ2n) is 3.50. The number of aliphatic hydroxyl groups excluding tert-OH is 1. The lowest BCUT2D eigenvalue weighted by atomic mass is 10.2. The molecule has 0 radical (unpaired) electrons. The van der Waals surface area contributed by atoms with Crippen LogP contribution in [0, 0.1) is 6.92 Å². The van der Waals surface area contributed by atoms with Crippen LogP contribution in [0.3, 0.4) is 0 Å². The zero-order valence-corrected chi connectivity index (χ0v) is 9.96. The van der Waals surface area contributed by atoms with Crippen molar-refractivity contribution >= 4 is 11.3 Å². The summed E-state index contributed by atoms with van der Waals surface area (Å²) in [6, 6.07) is 1.45. The fourth-order valence-corrected chi connectivity index (χ4v) is 2.10. The third-order valence-electron chi connectivity index (χ3n) is 2.11. The van der Waals surface area contributed by atoms with E-state index in [0.717, 1.165) is 6.20 Å². The Morgan fingerprint density at radius 3 is 2.61 bits per heavy atom. The highest BCUT2D eigenvalue weighted by Gasteiger charge is 2.35. The Labute approximate surface area is 104 Å². The summed E-state index contributed by atoms with van der Waals surface area (Å²) in [7, 11) is 0. The van der Waals surface area contributed by atoms with Gasteiger partial charge in [-0.3, -0.25) is 0 Å². The van der Waals surface area contributed by atoms with E-state index < -0.39 is 17.3 Å². The molecule has 2 rings (SSSR count). The molecular weight excluding hydrogens is 267 g/mol. The van der Waals surface area contributed by atoms with Gasteiger partial charge in [-0.05, 0) is 13.0 Å². The van der Waals surface area contributed by atoms with Crippen molar-refractivity contribution in [2.45, 2.75) is 19.2 Å². The van der Waals surface area contributed by atoms with Crippen LogP contribution in [0.1, 0.15) is 27.5 Å². The molecule has 2 aromatic rings. The monoisotopic (exact) mass is 275 g/mol. The minimum absolute atomic E-state index is 0.0976. The number of aliphatic hydroxyl groups is 1. The summed E-state index contributed by atoms with van der Waals surface area (Å²) in [5.74, 6) is 0.437. The van der Waals surface area contributed by atoms with Gasteiger partial charge < -0.3 is 5.11 Å². The van der Waals surface area contributed by atoms with Gasteiger partial charge in [0.2, 0.25) is 0 Å². The zero-order chi connectivity index (χ0) is 13.3. The van der Waals surface area contributed by atoms with E-state index in [1.165, 1.54) is 12.3 Å². The molecule has 1 N–H and O–H groups in total. The summed E-state index contributed by atoms with van der Waals surface area (Å²) < 4.78 is 37.1. The lowest BCUT2D eigenvalue weighted by molar-refractivity contribution is -0.137. The molecule has 0 aromatic carbocycles. The second kappa shape index (κ2) is 4.62. The first kappa shape index (κ1) is 12.9. The topological polar surface area (TPSA) is 58.9 Å². The van der Waals surface area contributed by atoms with E-state index in [-0.39, 0.29) is 10.6 Å². The van der Waals surface area contributed by atoms with Crippen LogP contribution in [-0.2, 0) is 6.18 Å². The third-order valence-corrected chi connectivity index (χ3v) is 3.21. The first-order chi connectivity index (χ1) is 8.38. The highest BCUT2D eigenvalue weighted by molar-refractivity contribution is 7.11. The van der Waals surface area contributed by atoms with E-state index >= 15 is 0 Å². The molecule has 0 spiro atoms. The minimum Gasteiger partial charge on any atom is -0.381 e. The number of halogens is 3. The predicted molar refractivity (Wildman–Crippen MR) is 57.9 cm³/mol. The van der Waals surface area contributed by atoms with Gasteiger partial charge in [0.15, 0.2) is 5.01 Å². The maximum atomic E-state index is 12.4. The van der Waals surface area contributed by atoms with Crippen molar-refractivity contribution in [2.24, 2.45) is 0 Å². The van der Waals surface area contributed by atoms with Crippen molar-refractivity contribution in [3.05, 3.63) is 39.9 Å². The van der Waals surface area contributed by atoms with Gasteiger partial charge in [-0.15, -0.1) is 11.3 Å². The quantitative estimate of drug-likeness (QED) is 0.914. The Balaban J connectivity index is 2.29. The van der Waals surface area contributed by atoms with E-state index in [1.54, 1.807) is 6.92 Å². The van der Waals surface area contributed by atoms with Crippen LogP contribution >= 0.6 is 11.3 Å². The van der Waals surface area contributed by atoms with Crippen LogP contribution < -0.4 is 0 Å². The van der Waals surface area contributed by atoms with Gasteiger partial charge in [0.25, 0.3) is 0 Å². The van der Waals surface area contributed by atoms with Crippen LogP contribution in [-0.4, -0.2) is 20.1 Å². The van der Waals surface area contributed by atoms with Crippen molar-refractivity contribution in [2.75, 3.05) is 0 Å². The Hall–Kier alpha value is -1.54. The van der Waals surface area contributed by atoms with Gasteiger partial charge in [0.05, 0.1) is 10.6 Å². The van der Waals surface area contributed by atoms with Crippen LogP contribution in [0.5, 0.6) is 0 Å². The minimum atomic E-state index is -4.50. The molecule has 0 saturated carbocycles. The average Bonchev–Trinajstić information content (AvgIpc) is 2.77. The van der Waals surface area contributed by atoms with Crippen LogP contribution in [0.2, 0.25) is 0 Å². The number of alkyl halides is 3. The van der Waals surface area contributed by atoms with Crippen molar-refractivity contribution in [3.8, 4) is 0 Å². The smallest absolute Gasteiger partial charge is 0.381 e. The number of aromatic nitrogens is 3. The molecule has 0 aliphatic heterocycles. The highest BCUT2D eigenvalue weighted by Crippen LogP contribution is 2.35. The molecule has 0 fully saturated rings. The summed E-state index contributed by atoms with van der Waals surface area (Å²) >= 11 is 0.402. The number of nitrogens with zero attached hydrogens (tertiary/aromatic N) is 3. The van der Waals surface area contributed by atoms with Gasteiger partial charge in [-0.1, -0.05) is 0 Å². The van der Waals surface area contributed by atoms with Crippen molar-refractivity contribution in [1.82, 2.24) is 15.0 Å². The number of aryl methyl sites for hydroxylation is 1. The summed E-state index contributed by atoms with van der Waals surface area (Å²) in [6.07, 6.45) is -3.27. The summed E-state index contributed by atoms with van der Waals surface area (Å²) in [5, 5.41) is 8.92. The number of hydrogen-bond donors (Lipinski definition) is 1. The Morgan fingerprint density at radius 1 is 1.33 bits per heavy atom. The molecule has 0 amide bonds. The molecule has 0 aliphatic carbocycles. The molecule has 1 unspecified atom stereocenters. The van der Waals surface area contributed by atoms with Crippen LogP contribution in [0.4, 0.5) is 13.2 Å². The van der Waals surface area contributed by atoms with Crippen LogP contribution in [0.15, 0.2) is 18.5 Å². The van der Waals surface area contributed by atoms with E-state index in [1.807, 2.05) is 0 Å². The van der Waals surface area contributed by atoms with Crippen molar-refractivity contribution < 1.29 is 18.3 Å². The maximum Gasteiger partial charge on any atom is 0.443 e. The predicted octanol–water partition coefficient (Wildman–Crippen LogP) is 2.34.